The Labute approximate surface area is 165 Å². The smallest absolute Gasteiger partial charge is 0.116 e. The predicted octanol–water partition coefficient (Wildman–Crippen LogP) is 4.78. The Bertz CT molecular complexity index is 1520. The van der Waals surface area contributed by atoms with Crippen LogP contribution in [-0.2, 0) is 0 Å². The van der Waals surface area contributed by atoms with E-state index in [2.05, 4.69) is 49.4 Å². The largest absolute Gasteiger partial charge is 0.278 e. The molecule has 0 bridgehead atoms. The fraction of sp³-hybridized carbons (Fsp3) is 0. The molecule has 3 aromatic carbocycles. The molecule has 3 aromatic heterocycles. The summed E-state index contributed by atoms with van der Waals surface area (Å²) in [6, 6.07) is 18.5. The van der Waals surface area contributed by atoms with E-state index in [0.29, 0.717) is 0 Å². The highest BCUT2D eigenvalue weighted by molar-refractivity contribution is 5.88. The van der Waals surface area contributed by atoms with Crippen LogP contribution in [0.2, 0.25) is 0 Å². The molecule has 0 radical (unpaired) electrons. The molecule has 0 saturated carbocycles. The van der Waals surface area contributed by atoms with E-state index >= 15 is 0 Å². The average molecular weight is 374 g/mol. The fourth-order valence-corrected chi connectivity index (χ4v) is 3.58. The number of nitrogens with zero attached hydrogens (tertiary/aromatic N) is 5. The van der Waals surface area contributed by atoms with Gasteiger partial charge < -0.3 is 0 Å². The zero-order chi connectivity index (χ0) is 19.2. The molecule has 1 N–H and O–H groups in total. The first-order chi connectivity index (χ1) is 14.3. The zero-order valence-electron chi connectivity index (χ0n) is 15.2. The molecule has 0 aliphatic rings. The summed E-state index contributed by atoms with van der Waals surface area (Å²) >= 11 is 0. The number of hydrogen-bond acceptors (Lipinski definition) is 5. The molecule has 6 nitrogen and oxygen atoms in total. The van der Waals surface area contributed by atoms with Gasteiger partial charge in [-0.25, -0.2) is 15.0 Å². The van der Waals surface area contributed by atoms with E-state index in [1.165, 1.54) is 0 Å². The lowest BCUT2D eigenvalue weighted by molar-refractivity contribution is 1.12. The van der Waals surface area contributed by atoms with Crippen LogP contribution in [0, 0.1) is 0 Å². The molecular weight excluding hydrogens is 360 g/mol. The van der Waals surface area contributed by atoms with Crippen molar-refractivity contribution in [2.24, 2.45) is 0 Å². The Morgan fingerprint density at radius 1 is 0.621 bits per heavy atom. The second-order valence-corrected chi connectivity index (χ2v) is 6.93. The summed E-state index contributed by atoms with van der Waals surface area (Å²) in [4.78, 5) is 17.9. The number of fused-ring (bicyclic) bond motifs is 3. The van der Waals surface area contributed by atoms with Crippen molar-refractivity contribution in [2.45, 2.75) is 0 Å². The van der Waals surface area contributed by atoms with E-state index < -0.39 is 0 Å². The van der Waals surface area contributed by atoms with Gasteiger partial charge in [-0.05, 0) is 35.4 Å². The van der Waals surface area contributed by atoms with Crippen molar-refractivity contribution in [1.29, 1.82) is 0 Å². The van der Waals surface area contributed by atoms with Crippen LogP contribution in [-0.4, -0.2) is 30.1 Å². The number of aromatic amines is 1. The third kappa shape index (κ3) is 2.70. The van der Waals surface area contributed by atoms with Gasteiger partial charge in [-0.3, -0.25) is 10.1 Å². The molecule has 6 rings (SSSR count). The van der Waals surface area contributed by atoms with Gasteiger partial charge in [0.2, 0.25) is 0 Å². The SMILES string of the molecule is c1ncc2ccc(-c3ccc4nc(-c5ccc6cn[nH]c6c5)cnc4c3)cc2n1. The van der Waals surface area contributed by atoms with Crippen molar-refractivity contribution in [3.63, 3.8) is 0 Å². The van der Waals surface area contributed by atoms with E-state index in [1.54, 1.807) is 6.33 Å². The minimum atomic E-state index is 0.837. The van der Waals surface area contributed by atoms with Crippen LogP contribution in [0.25, 0.3) is 55.2 Å². The Morgan fingerprint density at radius 3 is 2.41 bits per heavy atom. The number of aromatic nitrogens is 6. The Kier molecular flexibility index (Phi) is 3.37. The highest BCUT2D eigenvalue weighted by Crippen LogP contribution is 2.27. The Morgan fingerprint density at radius 2 is 1.45 bits per heavy atom. The molecule has 136 valence electrons. The van der Waals surface area contributed by atoms with Gasteiger partial charge in [0, 0.05) is 22.5 Å². The number of nitrogens with one attached hydrogen (secondary N) is 1. The van der Waals surface area contributed by atoms with Crippen LogP contribution in [0.5, 0.6) is 0 Å². The van der Waals surface area contributed by atoms with Gasteiger partial charge in [-0.15, -0.1) is 0 Å². The van der Waals surface area contributed by atoms with E-state index in [1.807, 2.05) is 48.9 Å². The van der Waals surface area contributed by atoms with Crippen LogP contribution < -0.4 is 0 Å². The maximum absolute atomic E-state index is 4.80. The van der Waals surface area contributed by atoms with Crippen molar-refractivity contribution in [3.8, 4) is 22.4 Å². The molecular formula is C23H14N6. The normalized spacial score (nSPS) is 11.4. The maximum atomic E-state index is 4.80. The van der Waals surface area contributed by atoms with Gasteiger partial charge in [0.1, 0.15) is 6.33 Å². The van der Waals surface area contributed by atoms with Gasteiger partial charge >= 0.3 is 0 Å². The van der Waals surface area contributed by atoms with Crippen molar-refractivity contribution in [3.05, 3.63) is 79.5 Å². The van der Waals surface area contributed by atoms with Crippen LogP contribution in [0.15, 0.2) is 79.5 Å². The summed E-state index contributed by atoms with van der Waals surface area (Å²) in [6.45, 7) is 0. The number of benzene rings is 3. The minimum Gasteiger partial charge on any atom is -0.278 e. The van der Waals surface area contributed by atoms with Gasteiger partial charge in [-0.2, -0.15) is 5.10 Å². The highest BCUT2D eigenvalue weighted by Gasteiger charge is 2.07. The average Bonchev–Trinajstić information content (AvgIpc) is 3.26. The monoisotopic (exact) mass is 374 g/mol. The van der Waals surface area contributed by atoms with Crippen molar-refractivity contribution < 1.29 is 0 Å². The predicted molar refractivity (Wildman–Crippen MR) is 113 cm³/mol. The first-order valence-corrected chi connectivity index (χ1v) is 9.24. The first kappa shape index (κ1) is 15.8. The molecule has 0 saturated heterocycles. The first-order valence-electron chi connectivity index (χ1n) is 9.24. The van der Waals surface area contributed by atoms with Crippen molar-refractivity contribution in [2.75, 3.05) is 0 Å². The summed E-state index contributed by atoms with van der Waals surface area (Å²) in [7, 11) is 0. The molecule has 29 heavy (non-hydrogen) atoms. The zero-order valence-corrected chi connectivity index (χ0v) is 15.2. The summed E-state index contributed by atoms with van der Waals surface area (Å²) in [5.41, 5.74) is 7.65. The summed E-state index contributed by atoms with van der Waals surface area (Å²) in [6.07, 6.45) is 7.02. The number of hydrogen-bond donors (Lipinski definition) is 1. The fourth-order valence-electron chi connectivity index (χ4n) is 3.58. The number of H-pyrrole nitrogens is 1. The van der Waals surface area contributed by atoms with Gasteiger partial charge in [0.25, 0.3) is 0 Å². The van der Waals surface area contributed by atoms with Gasteiger partial charge in [-0.1, -0.05) is 30.3 Å². The van der Waals surface area contributed by atoms with Crippen LogP contribution in [0.1, 0.15) is 0 Å². The van der Waals surface area contributed by atoms with E-state index in [4.69, 9.17) is 4.98 Å². The topological polar surface area (TPSA) is 80.2 Å². The van der Waals surface area contributed by atoms with E-state index in [9.17, 15) is 0 Å². The third-order valence-corrected chi connectivity index (χ3v) is 5.12. The highest BCUT2D eigenvalue weighted by atomic mass is 15.1. The molecule has 3 heterocycles. The lowest BCUT2D eigenvalue weighted by Crippen LogP contribution is -1.90. The molecule has 0 atom stereocenters. The second-order valence-electron chi connectivity index (χ2n) is 6.93. The standard InChI is InChI=1S/C23H14N6/c1-3-17-10-24-13-26-20(17)7-14(1)15-5-6-19-22(8-15)25-12-23(28-19)16-2-4-18-11-27-29-21(18)9-16/h1-13H,(H,27,29). The van der Waals surface area contributed by atoms with Gasteiger partial charge in [0.15, 0.2) is 0 Å². The van der Waals surface area contributed by atoms with E-state index in [-0.39, 0.29) is 0 Å². The molecule has 0 aliphatic heterocycles. The summed E-state index contributed by atoms with van der Waals surface area (Å²) < 4.78 is 0. The number of rotatable bonds is 2. The Balaban J connectivity index is 1.42. The lowest BCUT2D eigenvalue weighted by Gasteiger charge is -2.07. The molecule has 0 unspecified atom stereocenters. The lowest BCUT2D eigenvalue weighted by atomic mass is 10.0. The molecule has 6 aromatic rings. The maximum Gasteiger partial charge on any atom is 0.116 e. The molecule has 0 amide bonds. The van der Waals surface area contributed by atoms with Crippen LogP contribution >= 0.6 is 0 Å². The van der Waals surface area contributed by atoms with E-state index in [0.717, 1.165) is 55.2 Å². The van der Waals surface area contributed by atoms with Crippen molar-refractivity contribution in [1.82, 2.24) is 30.1 Å². The quantitative estimate of drug-likeness (QED) is 0.472. The molecule has 0 spiro atoms. The van der Waals surface area contributed by atoms with Crippen LogP contribution in [0.4, 0.5) is 0 Å². The third-order valence-electron chi connectivity index (χ3n) is 5.12. The van der Waals surface area contributed by atoms with Crippen LogP contribution in [0.3, 0.4) is 0 Å². The minimum absolute atomic E-state index is 0.837. The Hall–Kier alpha value is -4.19. The van der Waals surface area contributed by atoms with Gasteiger partial charge in [0.05, 0.1) is 40.2 Å². The molecule has 6 heteroatoms. The molecule has 0 aliphatic carbocycles. The second kappa shape index (κ2) is 6.17. The summed E-state index contributed by atoms with van der Waals surface area (Å²) in [5.74, 6) is 0. The molecule has 0 fully saturated rings. The summed E-state index contributed by atoms with van der Waals surface area (Å²) in [5, 5.41) is 9.17. The van der Waals surface area contributed by atoms with Crippen molar-refractivity contribution >= 4 is 32.8 Å².